The van der Waals surface area contributed by atoms with Crippen LogP contribution < -0.4 is 14.2 Å². The monoisotopic (exact) mass is 343 g/mol. The van der Waals surface area contributed by atoms with Crippen LogP contribution in [0, 0.1) is 0 Å². The van der Waals surface area contributed by atoms with E-state index in [-0.39, 0.29) is 11.9 Å². The van der Waals surface area contributed by atoms with E-state index in [0.29, 0.717) is 23.6 Å². The van der Waals surface area contributed by atoms with Gasteiger partial charge in [-0.05, 0) is 49.7 Å². The Morgan fingerprint density at radius 1 is 1.00 bits per heavy atom. The lowest BCUT2D eigenvalue weighted by Crippen LogP contribution is -2.33. The quantitative estimate of drug-likeness (QED) is 0.764. The van der Waals surface area contributed by atoms with Gasteiger partial charge in [-0.1, -0.05) is 12.1 Å². The number of rotatable bonds is 7. The Morgan fingerprint density at radius 3 is 2.28 bits per heavy atom. The van der Waals surface area contributed by atoms with E-state index in [1.165, 1.54) is 0 Å². The van der Waals surface area contributed by atoms with Crippen LogP contribution in [-0.2, 0) is 0 Å². The molecule has 0 aliphatic carbocycles. The fourth-order valence-electron chi connectivity index (χ4n) is 2.81. The molecule has 0 aromatic heterocycles. The molecule has 2 rings (SSSR count). The number of ether oxygens (including phenoxy) is 3. The minimum Gasteiger partial charge on any atom is -0.497 e. The second-order valence-electron chi connectivity index (χ2n) is 5.61. The van der Waals surface area contributed by atoms with Gasteiger partial charge in [-0.25, -0.2) is 0 Å². The maximum absolute atomic E-state index is 13.2. The van der Waals surface area contributed by atoms with Gasteiger partial charge in [0.2, 0.25) is 0 Å². The molecule has 0 bridgehead atoms. The number of carbonyl (C=O) groups excluding carboxylic acids is 1. The van der Waals surface area contributed by atoms with Crippen LogP contribution in [0.1, 0.15) is 35.8 Å². The fraction of sp³-hybridized carbons (Fsp3) is 0.350. The van der Waals surface area contributed by atoms with Gasteiger partial charge in [0, 0.05) is 6.54 Å². The first-order valence-corrected chi connectivity index (χ1v) is 8.22. The van der Waals surface area contributed by atoms with Crippen LogP contribution in [-0.4, -0.2) is 38.7 Å². The van der Waals surface area contributed by atoms with Crippen molar-refractivity contribution in [1.29, 1.82) is 0 Å². The first-order chi connectivity index (χ1) is 12.0. The summed E-state index contributed by atoms with van der Waals surface area (Å²) in [6.07, 6.45) is 0. The number of hydrogen-bond donors (Lipinski definition) is 0. The summed E-state index contributed by atoms with van der Waals surface area (Å²) in [4.78, 5) is 14.9. The molecule has 0 saturated carbocycles. The summed E-state index contributed by atoms with van der Waals surface area (Å²) in [6.45, 7) is 4.53. The SMILES string of the molecule is CCN(C(=O)c1cc(OC)ccc1OC)C(C)c1cccc(OC)c1. The molecule has 25 heavy (non-hydrogen) atoms. The van der Waals surface area contributed by atoms with Crippen molar-refractivity contribution < 1.29 is 19.0 Å². The van der Waals surface area contributed by atoms with E-state index in [1.807, 2.05) is 38.1 Å². The molecule has 0 radical (unpaired) electrons. The van der Waals surface area contributed by atoms with E-state index in [4.69, 9.17) is 14.2 Å². The predicted molar refractivity (Wildman–Crippen MR) is 97.7 cm³/mol. The van der Waals surface area contributed by atoms with Crippen molar-refractivity contribution in [3.8, 4) is 17.2 Å². The van der Waals surface area contributed by atoms with Crippen molar-refractivity contribution in [1.82, 2.24) is 4.90 Å². The lowest BCUT2D eigenvalue weighted by atomic mass is 10.0. The van der Waals surface area contributed by atoms with E-state index < -0.39 is 0 Å². The molecule has 1 unspecified atom stereocenters. The summed E-state index contributed by atoms with van der Waals surface area (Å²) >= 11 is 0. The number of carbonyl (C=O) groups is 1. The van der Waals surface area contributed by atoms with Gasteiger partial charge in [0.25, 0.3) is 5.91 Å². The van der Waals surface area contributed by atoms with Gasteiger partial charge in [-0.2, -0.15) is 0 Å². The molecule has 0 heterocycles. The lowest BCUT2D eigenvalue weighted by Gasteiger charge is -2.29. The Hall–Kier alpha value is -2.69. The number of hydrogen-bond acceptors (Lipinski definition) is 4. The molecule has 0 spiro atoms. The number of nitrogens with zero attached hydrogens (tertiary/aromatic N) is 1. The van der Waals surface area contributed by atoms with E-state index >= 15 is 0 Å². The van der Waals surface area contributed by atoms with Crippen LogP contribution in [0.2, 0.25) is 0 Å². The molecule has 0 N–H and O–H groups in total. The van der Waals surface area contributed by atoms with Crippen molar-refractivity contribution in [2.24, 2.45) is 0 Å². The second kappa shape index (κ2) is 8.42. The summed E-state index contributed by atoms with van der Waals surface area (Å²) in [5.41, 5.74) is 1.50. The Balaban J connectivity index is 2.37. The van der Waals surface area contributed by atoms with E-state index in [2.05, 4.69) is 0 Å². The van der Waals surface area contributed by atoms with Gasteiger partial charge in [-0.3, -0.25) is 4.79 Å². The Labute approximate surface area is 149 Å². The van der Waals surface area contributed by atoms with Crippen LogP contribution in [0.3, 0.4) is 0 Å². The number of amides is 1. The molecule has 0 fully saturated rings. The van der Waals surface area contributed by atoms with Gasteiger partial charge < -0.3 is 19.1 Å². The largest absolute Gasteiger partial charge is 0.497 e. The van der Waals surface area contributed by atoms with Crippen molar-refractivity contribution in [3.63, 3.8) is 0 Å². The maximum atomic E-state index is 13.2. The Morgan fingerprint density at radius 2 is 1.68 bits per heavy atom. The number of benzene rings is 2. The van der Waals surface area contributed by atoms with Gasteiger partial charge in [0.15, 0.2) is 0 Å². The average Bonchev–Trinajstić information content (AvgIpc) is 2.67. The second-order valence-corrected chi connectivity index (χ2v) is 5.61. The predicted octanol–water partition coefficient (Wildman–Crippen LogP) is 3.94. The zero-order valence-electron chi connectivity index (χ0n) is 15.4. The van der Waals surface area contributed by atoms with Gasteiger partial charge in [0.05, 0.1) is 32.9 Å². The minimum absolute atomic E-state index is 0.103. The molecule has 134 valence electrons. The van der Waals surface area contributed by atoms with Crippen molar-refractivity contribution in [3.05, 3.63) is 53.6 Å². The van der Waals surface area contributed by atoms with Crippen LogP contribution in [0.4, 0.5) is 0 Å². The Kier molecular flexibility index (Phi) is 6.28. The van der Waals surface area contributed by atoms with E-state index in [9.17, 15) is 4.79 Å². The van der Waals surface area contributed by atoms with Gasteiger partial charge in [0.1, 0.15) is 17.2 Å². The zero-order valence-corrected chi connectivity index (χ0v) is 15.4. The highest BCUT2D eigenvalue weighted by Crippen LogP contribution is 2.30. The molecular formula is C20H25NO4. The van der Waals surface area contributed by atoms with Crippen molar-refractivity contribution >= 4 is 5.91 Å². The first-order valence-electron chi connectivity index (χ1n) is 8.22. The van der Waals surface area contributed by atoms with Gasteiger partial charge in [-0.15, -0.1) is 0 Å². The summed E-state index contributed by atoms with van der Waals surface area (Å²) in [5.74, 6) is 1.82. The summed E-state index contributed by atoms with van der Waals surface area (Å²) in [6, 6.07) is 12.9. The summed E-state index contributed by atoms with van der Waals surface area (Å²) < 4.78 is 15.9. The molecule has 0 aliphatic heterocycles. The fourth-order valence-corrected chi connectivity index (χ4v) is 2.81. The van der Waals surface area contributed by atoms with Crippen LogP contribution in [0.5, 0.6) is 17.2 Å². The molecule has 0 saturated heterocycles. The summed E-state index contributed by atoms with van der Waals surface area (Å²) in [5, 5.41) is 0. The standard InChI is InChI=1S/C20H25NO4/c1-6-21(14(2)15-8-7-9-16(12-15)23-3)20(22)18-13-17(24-4)10-11-19(18)25-5/h7-14H,6H2,1-5H3. The smallest absolute Gasteiger partial charge is 0.258 e. The van der Waals surface area contributed by atoms with E-state index in [1.54, 1.807) is 44.4 Å². The van der Waals surface area contributed by atoms with Crippen LogP contribution in [0.25, 0.3) is 0 Å². The highest BCUT2D eigenvalue weighted by molar-refractivity contribution is 5.97. The normalized spacial score (nSPS) is 11.6. The molecule has 2 aromatic carbocycles. The molecule has 5 heteroatoms. The van der Waals surface area contributed by atoms with Gasteiger partial charge >= 0.3 is 0 Å². The molecule has 2 aromatic rings. The van der Waals surface area contributed by atoms with Crippen molar-refractivity contribution in [2.75, 3.05) is 27.9 Å². The third-order valence-electron chi connectivity index (χ3n) is 4.28. The molecule has 5 nitrogen and oxygen atoms in total. The van der Waals surface area contributed by atoms with Crippen molar-refractivity contribution in [2.45, 2.75) is 19.9 Å². The third kappa shape index (κ3) is 4.05. The lowest BCUT2D eigenvalue weighted by molar-refractivity contribution is 0.0698. The highest BCUT2D eigenvalue weighted by Gasteiger charge is 2.24. The first kappa shape index (κ1) is 18.6. The average molecular weight is 343 g/mol. The Bertz CT molecular complexity index is 729. The third-order valence-corrected chi connectivity index (χ3v) is 4.28. The topological polar surface area (TPSA) is 48.0 Å². The maximum Gasteiger partial charge on any atom is 0.258 e. The molecule has 0 aliphatic rings. The molecule has 1 atom stereocenters. The minimum atomic E-state index is -0.108. The zero-order chi connectivity index (χ0) is 18.4. The molecule has 1 amide bonds. The van der Waals surface area contributed by atoms with E-state index in [0.717, 1.165) is 11.3 Å². The highest BCUT2D eigenvalue weighted by atomic mass is 16.5. The summed E-state index contributed by atoms with van der Waals surface area (Å²) in [7, 11) is 4.76. The number of methoxy groups -OCH3 is 3. The van der Waals surface area contributed by atoms with Crippen LogP contribution >= 0.6 is 0 Å². The molecular weight excluding hydrogens is 318 g/mol. The van der Waals surface area contributed by atoms with Crippen LogP contribution in [0.15, 0.2) is 42.5 Å².